The number of urea groups is 1. The van der Waals surface area contributed by atoms with E-state index in [0.717, 1.165) is 23.5 Å². The third-order valence-corrected chi connectivity index (χ3v) is 3.63. The lowest BCUT2D eigenvalue weighted by Gasteiger charge is -2.10. The molecule has 0 radical (unpaired) electrons. The van der Waals surface area contributed by atoms with Gasteiger partial charge in [-0.2, -0.15) is 0 Å². The summed E-state index contributed by atoms with van der Waals surface area (Å²) in [5.41, 5.74) is 6.03. The van der Waals surface area contributed by atoms with Crippen LogP contribution in [0.4, 0.5) is 4.79 Å². The molecule has 5 heteroatoms. The number of carbonyl (C=O) groups excluding carboxylic acids is 1. The van der Waals surface area contributed by atoms with Crippen LogP contribution in [-0.2, 0) is 0 Å². The van der Waals surface area contributed by atoms with Crippen LogP contribution in [0.5, 0.6) is 0 Å². The van der Waals surface area contributed by atoms with E-state index in [4.69, 9.17) is 10.2 Å². The molecule has 0 aliphatic heterocycles. The molecule has 1 saturated carbocycles. The van der Waals surface area contributed by atoms with Gasteiger partial charge < -0.3 is 10.2 Å². The van der Waals surface area contributed by atoms with Crippen molar-refractivity contribution in [1.29, 1.82) is 0 Å². The maximum absolute atomic E-state index is 10.8. The molecule has 1 aliphatic carbocycles. The number of benzene rings is 1. The lowest BCUT2D eigenvalue weighted by molar-refractivity contribution is -0.0432. The average molecular weight is 272 g/mol. The third kappa shape index (κ3) is 2.53. The van der Waals surface area contributed by atoms with Crippen molar-refractivity contribution in [3.63, 3.8) is 0 Å². The SMILES string of the molecule is NC(=O)N(O)CC1CC1c1ccc(-c2ccccc2)o1. The Morgan fingerprint density at radius 1 is 1.30 bits per heavy atom. The molecule has 2 aromatic rings. The molecule has 0 bridgehead atoms. The van der Waals surface area contributed by atoms with E-state index in [-0.39, 0.29) is 18.4 Å². The van der Waals surface area contributed by atoms with Crippen LogP contribution in [-0.4, -0.2) is 22.8 Å². The number of rotatable bonds is 4. The van der Waals surface area contributed by atoms with Gasteiger partial charge in [-0.3, -0.25) is 5.21 Å². The molecule has 1 aromatic heterocycles. The van der Waals surface area contributed by atoms with E-state index < -0.39 is 6.03 Å². The molecule has 1 aliphatic rings. The van der Waals surface area contributed by atoms with Gasteiger partial charge in [-0.25, -0.2) is 9.86 Å². The first-order valence-electron chi connectivity index (χ1n) is 6.56. The van der Waals surface area contributed by atoms with Gasteiger partial charge in [-0.05, 0) is 24.5 Å². The molecule has 3 N–H and O–H groups in total. The maximum Gasteiger partial charge on any atom is 0.338 e. The molecule has 1 aromatic carbocycles. The summed E-state index contributed by atoms with van der Waals surface area (Å²) in [5, 5.41) is 9.87. The number of hydrogen-bond acceptors (Lipinski definition) is 3. The second kappa shape index (κ2) is 5.02. The van der Waals surface area contributed by atoms with E-state index in [1.54, 1.807) is 0 Å². The van der Waals surface area contributed by atoms with E-state index in [0.29, 0.717) is 5.06 Å². The minimum absolute atomic E-state index is 0.210. The van der Waals surface area contributed by atoms with E-state index in [2.05, 4.69) is 0 Å². The first-order valence-corrected chi connectivity index (χ1v) is 6.56. The van der Waals surface area contributed by atoms with Crippen molar-refractivity contribution in [2.45, 2.75) is 12.3 Å². The Labute approximate surface area is 116 Å². The van der Waals surface area contributed by atoms with Crippen molar-refractivity contribution in [3.8, 4) is 11.3 Å². The lowest BCUT2D eigenvalue weighted by Crippen LogP contribution is -2.34. The van der Waals surface area contributed by atoms with E-state index in [1.165, 1.54) is 0 Å². The highest BCUT2D eigenvalue weighted by atomic mass is 16.5. The van der Waals surface area contributed by atoms with Crippen molar-refractivity contribution in [1.82, 2.24) is 5.06 Å². The Morgan fingerprint density at radius 3 is 2.75 bits per heavy atom. The van der Waals surface area contributed by atoms with Gasteiger partial charge >= 0.3 is 6.03 Å². The predicted molar refractivity (Wildman–Crippen MR) is 73.1 cm³/mol. The van der Waals surface area contributed by atoms with Gasteiger partial charge in [0.15, 0.2) is 0 Å². The average Bonchev–Trinajstić information content (AvgIpc) is 3.03. The Bertz CT molecular complexity index is 609. The Kier molecular flexibility index (Phi) is 3.20. The van der Waals surface area contributed by atoms with Crippen molar-refractivity contribution >= 4 is 6.03 Å². The zero-order valence-corrected chi connectivity index (χ0v) is 10.9. The molecule has 0 spiro atoms. The zero-order chi connectivity index (χ0) is 14.1. The monoisotopic (exact) mass is 272 g/mol. The van der Waals surface area contributed by atoms with Gasteiger partial charge in [0, 0.05) is 11.5 Å². The van der Waals surface area contributed by atoms with Gasteiger partial charge in [0.2, 0.25) is 0 Å². The molecule has 0 saturated heterocycles. The quantitative estimate of drug-likeness (QED) is 0.663. The van der Waals surface area contributed by atoms with Gasteiger partial charge in [-0.1, -0.05) is 30.3 Å². The molecule has 5 nitrogen and oxygen atoms in total. The fraction of sp³-hybridized carbons (Fsp3) is 0.267. The van der Waals surface area contributed by atoms with Crippen molar-refractivity contribution in [3.05, 3.63) is 48.2 Å². The van der Waals surface area contributed by atoms with Crippen LogP contribution >= 0.6 is 0 Å². The fourth-order valence-corrected chi connectivity index (χ4v) is 2.42. The third-order valence-electron chi connectivity index (χ3n) is 3.63. The summed E-state index contributed by atoms with van der Waals surface area (Å²) < 4.78 is 5.85. The number of amides is 2. The van der Waals surface area contributed by atoms with Gasteiger partial charge in [0.1, 0.15) is 11.5 Å². The van der Waals surface area contributed by atoms with Crippen molar-refractivity contribution < 1.29 is 14.4 Å². The standard InChI is InChI=1S/C15H16N2O3/c16-15(18)17(19)9-11-8-12(11)14-7-6-13(20-14)10-4-2-1-3-5-10/h1-7,11-12,19H,8-9H2,(H2,16,18). The van der Waals surface area contributed by atoms with E-state index in [9.17, 15) is 10.0 Å². The number of primary amides is 1. The second-order valence-corrected chi connectivity index (χ2v) is 5.09. The molecule has 2 atom stereocenters. The number of nitrogens with zero attached hydrogens (tertiary/aromatic N) is 1. The normalized spacial score (nSPS) is 20.6. The molecule has 104 valence electrons. The summed E-state index contributed by atoms with van der Waals surface area (Å²) >= 11 is 0. The molecule has 3 rings (SSSR count). The number of hydroxylamine groups is 2. The minimum atomic E-state index is -0.819. The summed E-state index contributed by atoms with van der Waals surface area (Å²) in [6.07, 6.45) is 0.895. The first kappa shape index (κ1) is 12.7. The zero-order valence-electron chi connectivity index (χ0n) is 10.9. The van der Waals surface area contributed by atoms with Crippen LogP contribution in [0.1, 0.15) is 18.1 Å². The van der Waals surface area contributed by atoms with Crippen LogP contribution < -0.4 is 5.73 Å². The summed E-state index contributed by atoms with van der Waals surface area (Å²) in [6.45, 7) is 0.251. The molecule has 2 unspecified atom stereocenters. The Hall–Kier alpha value is -2.27. The van der Waals surface area contributed by atoms with Gasteiger partial charge in [0.05, 0.1) is 6.54 Å². The lowest BCUT2D eigenvalue weighted by atomic mass is 10.2. The topological polar surface area (TPSA) is 79.7 Å². The molecular formula is C15H16N2O3. The molecule has 1 heterocycles. The van der Waals surface area contributed by atoms with Gasteiger partial charge in [0.25, 0.3) is 0 Å². The minimum Gasteiger partial charge on any atom is -0.461 e. The van der Waals surface area contributed by atoms with Crippen LogP contribution in [0.3, 0.4) is 0 Å². The largest absolute Gasteiger partial charge is 0.461 e. The van der Waals surface area contributed by atoms with Crippen LogP contribution in [0.25, 0.3) is 11.3 Å². The smallest absolute Gasteiger partial charge is 0.338 e. The van der Waals surface area contributed by atoms with E-state index >= 15 is 0 Å². The highest BCUT2D eigenvalue weighted by Crippen LogP contribution is 2.48. The number of hydrogen-bond donors (Lipinski definition) is 2. The molecular weight excluding hydrogens is 256 g/mol. The van der Waals surface area contributed by atoms with Crippen LogP contribution in [0.2, 0.25) is 0 Å². The van der Waals surface area contributed by atoms with Crippen molar-refractivity contribution in [2.24, 2.45) is 11.7 Å². The Balaban J connectivity index is 1.66. The van der Waals surface area contributed by atoms with E-state index in [1.807, 2.05) is 42.5 Å². The highest BCUT2D eigenvalue weighted by Gasteiger charge is 2.42. The van der Waals surface area contributed by atoms with Gasteiger partial charge in [-0.15, -0.1) is 0 Å². The fourth-order valence-electron chi connectivity index (χ4n) is 2.42. The van der Waals surface area contributed by atoms with Crippen molar-refractivity contribution in [2.75, 3.05) is 6.54 Å². The molecule has 2 amide bonds. The second-order valence-electron chi connectivity index (χ2n) is 5.09. The number of carbonyl (C=O) groups is 1. The maximum atomic E-state index is 10.8. The summed E-state index contributed by atoms with van der Waals surface area (Å²) in [5.74, 6) is 2.19. The summed E-state index contributed by atoms with van der Waals surface area (Å²) in [4.78, 5) is 10.8. The number of furan rings is 1. The summed E-state index contributed by atoms with van der Waals surface area (Å²) in [7, 11) is 0. The first-order chi connectivity index (χ1) is 9.65. The van der Waals surface area contributed by atoms with Crippen LogP contribution in [0.15, 0.2) is 46.9 Å². The highest BCUT2D eigenvalue weighted by molar-refractivity contribution is 5.70. The summed E-state index contributed by atoms with van der Waals surface area (Å²) in [6, 6.07) is 13.0. The predicted octanol–water partition coefficient (Wildman–Crippen LogP) is 2.82. The molecule has 1 fully saturated rings. The van der Waals surface area contributed by atoms with Crippen LogP contribution in [0, 0.1) is 5.92 Å². The number of nitrogens with two attached hydrogens (primary N) is 1. The molecule has 20 heavy (non-hydrogen) atoms. The Morgan fingerprint density at radius 2 is 2.05 bits per heavy atom.